The van der Waals surface area contributed by atoms with Gasteiger partial charge in [0.05, 0.1) is 35.2 Å². The summed E-state index contributed by atoms with van der Waals surface area (Å²) in [7, 11) is 0. The Morgan fingerprint density at radius 3 is 2.94 bits per heavy atom. The van der Waals surface area contributed by atoms with Gasteiger partial charge < -0.3 is 14.8 Å². The molecule has 7 heteroatoms. The first-order valence-corrected chi connectivity index (χ1v) is 10.9. The second-order valence-electron chi connectivity index (χ2n) is 8.45. The lowest BCUT2D eigenvalue weighted by Crippen LogP contribution is -2.29. The average Bonchev–Trinajstić information content (AvgIpc) is 3.47. The lowest BCUT2D eigenvalue weighted by molar-refractivity contribution is -0.129. The summed E-state index contributed by atoms with van der Waals surface area (Å²) >= 11 is 0. The molecule has 2 aliphatic heterocycles. The van der Waals surface area contributed by atoms with Crippen LogP contribution in [0.15, 0.2) is 48.9 Å². The number of hydrogen-bond donors (Lipinski definition) is 1. The molecule has 1 N–H and O–H groups in total. The van der Waals surface area contributed by atoms with Crippen molar-refractivity contribution in [3.05, 3.63) is 71.3 Å². The summed E-state index contributed by atoms with van der Waals surface area (Å²) in [4.78, 5) is 31.5. The highest BCUT2D eigenvalue weighted by atomic mass is 16.2. The summed E-state index contributed by atoms with van der Waals surface area (Å²) in [5.74, 6) is 2.82. The van der Waals surface area contributed by atoms with E-state index < -0.39 is 0 Å². The highest BCUT2D eigenvalue weighted by Crippen LogP contribution is 2.37. The SMILES string of the molecule is C#Cc1cc2c3c(c1)c(C1=C(c4cnc5ccccn45)C(=O)CN1)cn3CCN(C(C)=O)C2. The first-order chi connectivity index (χ1) is 16.0. The number of Topliss-reactive ketones (excluding diaryl/α,β-unsaturated/α-hetero) is 1. The summed E-state index contributed by atoms with van der Waals surface area (Å²) in [5.41, 5.74) is 6.73. The predicted octanol–water partition coefficient (Wildman–Crippen LogP) is 2.67. The lowest BCUT2D eigenvalue weighted by Gasteiger charge is -2.19. The van der Waals surface area contributed by atoms with Crippen LogP contribution in [0.5, 0.6) is 0 Å². The van der Waals surface area contributed by atoms with E-state index in [1.54, 1.807) is 13.1 Å². The number of hydrogen-bond acceptors (Lipinski definition) is 4. The van der Waals surface area contributed by atoms with Gasteiger partial charge in [-0.3, -0.25) is 14.0 Å². The van der Waals surface area contributed by atoms with Crippen molar-refractivity contribution < 1.29 is 9.59 Å². The number of nitrogens with zero attached hydrogens (tertiary/aromatic N) is 4. The molecule has 2 aliphatic rings. The summed E-state index contributed by atoms with van der Waals surface area (Å²) in [6, 6.07) is 9.75. The molecule has 0 atom stereocenters. The van der Waals surface area contributed by atoms with Crippen molar-refractivity contribution >= 4 is 39.5 Å². The molecule has 3 aromatic heterocycles. The molecule has 0 unspecified atom stereocenters. The molecule has 0 spiro atoms. The molecule has 0 saturated carbocycles. The molecule has 1 amide bonds. The van der Waals surface area contributed by atoms with Crippen LogP contribution < -0.4 is 5.32 Å². The Morgan fingerprint density at radius 2 is 2.12 bits per heavy atom. The van der Waals surface area contributed by atoms with Crippen molar-refractivity contribution in [3.63, 3.8) is 0 Å². The summed E-state index contributed by atoms with van der Waals surface area (Å²) in [6.45, 7) is 3.62. The van der Waals surface area contributed by atoms with E-state index in [-0.39, 0.29) is 18.2 Å². The first-order valence-electron chi connectivity index (χ1n) is 10.9. The molecule has 162 valence electrons. The van der Waals surface area contributed by atoms with Crippen LogP contribution in [0.4, 0.5) is 0 Å². The van der Waals surface area contributed by atoms with E-state index in [2.05, 4.69) is 27.0 Å². The van der Waals surface area contributed by atoms with E-state index in [4.69, 9.17) is 6.42 Å². The smallest absolute Gasteiger partial charge is 0.219 e. The Kier molecular flexibility index (Phi) is 4.17. The number of aromatic nitrogens is 3. The van der Waals surface area contributed by atoms with Crippen molar-refractivity contribution in [1.29, 1.82) is 0 Å². The number of nitrogens with one attached hydrogen (secondary N) is 1. The third-order valence-electron chi connectivity index (χ3n) is 6.53. The van der Waals surface area contributed by atoms with Gasteiger partial charge in [-0.15, -0.1) is 6.42 Å². The first kappa shape index (κ1) is 19.4. The van der Waals surface area contributed by atoms with Crippen LogP contribution in [0.1, 0.15) is 29.3 Å². The number of rotatable bonds is 2. The Morgan fingerprint density at radius 1 is 1.24 bits per heavy atom. The van der Waals surface area contributed by atoms with Crippen molar-refractivity contribution in [1.82, 2.24) is 24.2 Å². The van der Waals surface area contributed by atoms with E-state index >= 15 is 0 Å². The molecular formula is C26H21N5O2. The molecule has 5 heterocycles. The van der Waals surface area contributed by atoms with E-state index in [1.807, 2.05) is 45.8 Å². The molecule has 4 aromatic rings. The van der Waals surface area contributed by atoms with Gasteiger partial charge in [0.25, 0.3) is 0 Å². The minimum Gasteiger partial charge on any atom is -0.376 e. The van der Waals surface area contributed by atoms with Gasteiger partial charge in [-0.05, 0) is 29.8 Å². The van der Waals surface area contributed by atoms with Crippen molar-refractivity contribution in [2.24, 2.45) is 0 Å². The molecular weight excluding hydrogens is 414 g/mol. The Hall–Kier alpha value is -4.31. The summed E-state index contributed by atoms with van der Waals surface area (Å²) in [5, 5.41) is 4.32. The van der Waals surface area contributed by atoms with Crippen LogP contribution in [0.25, 0.3) is 27.8 Å². The number of ketones is 1. The second kappa shape index (κ2) is 7.10. The molecule has 33 heavy (non-hydrogen) atoms. The van der Waals surface area contributed by atoms with E-state index in [0.29, 0.717) is 25.2 Å². The third kappa shape index (κ3) is 2.88. The van der Waals surface area contributed by atoms with Crippen LogP contribution in [0.2, 0.25) is 0 Å². The quantitative estimate of drug-likeness (QED) is 0.492. The zero-order valence-corrected chi connectivity index (χ0v) is 18.1. The Balaban J connectivity index is 1.62. The number of pyridine rings is 1. The van der Waals surface area contributed by atoms with Crippen molar-refractivity contribution in [3.8, 4) is 12.3 Å². The van der Waals surface area contributed by atoms with Gasteiger partial charge in [0.1, 0.15) is 5.65 Å². The zero-order chi connectivity index (χ0) is 22.7. The summed E-state index contributed by atoms with van der Waals surface area (Å²) < 4.78 is 4.11. The van der Waals surface area contributed by atoms with Crippen molar-refractivity contribution in [2.45, 2.75) is 20.0 Å². The standard InChI is InChI=1S/C26H21N5O2/c1-3-17-10-18-14-29(16(2)32)8-9-30-15-20(19(11-17)26(18)30)25-24(22(33)13-28-25)21-12-27-23-6-4-5-7-31(21)23/h1,4-7,10-12,15,28H,8-9,13-14H2,2H3. The number of fused-ring (bicyclic) bond motifs is 1. The van der Waals surface area contributed by atoms with Crippen LogP contribution >= 0.6 is 0 Å². The van der Waals surface area contributed by atoms with Gasteiger partial charge in [0, 0.05) is 55.5 Å². The lowest BCUT2D eigenvalue weighted by atomic mass is 10.00. The molecule has 6 rings (SSSR count). The van der Waals surface area contributed by atoms with Gasteiger partial charge in [0.2, 0.25) is 5.91 Å². The minimum absolute atomic E-state index is 0.0275. The molecule has 0 saturated heterocycles. The third-order valence-corrected chi connectivity index (χ3v) is 6.53. The fourth-order valence-corrected chi connectivity index (χ4v) is 4.99. The fraction of sp³-hybridized carbons (Fsp3) is 0.192. The minimum atomic E-state index is 0.0275. The predicted molar refractivity (Wildman–Crippen MR) is 126 cm³/mol. The Bertz CT molecular complexity index is 1560. The van der Waals surface area contributed by atoms with Gasteiger partial charge in [-0.2, -0.15) is 0 Å². The van der Waals surface area contributed by atoms with Crippen LogP contribution in [-0.4, -0.2) is 43.6 Å². The number of carbonyl (C=O) groups is 2. The maximum Gasteiger partial charge on any atom is 0.219 e. The van der Waals surface area contributed by atoms with Crippen LogP contribution in [0.3, 0.4) is 0 Å². The Labute approximate surface area is 190 Å². The molecule has 1 aromatic carbocycles. The largest absolute Gasteiger partial charge is 0.376 e. The number of terminal acetylenes is 1. The van der Waals surface area contributed by atoms with E-state index in [9.17, 15) is 9.59 Å². The van der Waals surface area contributed by atoms with Crippen molar-refractivity contribution in [2.75, 3.05) is 13.1 Å². The zero-order valence-electron chi connectivity index (χ0n) is 18.1. The highest BCUT2D eigenvalue weighted by Gasteiger charge is 2.30. The second-order valence-corrected chi connectivity index (χ2v) is 8.45. The number of imidazole rings is 1. The van der Waals surface area contributed by atoms with Crippen LogP contribution in [0, 0.1) is 12.3 Å². The summed E-state index contributed by atoms with van der Waals surface area (Å²) in [6.07, 6.45) is 11.5. The molecule has 0 radical (unpaired) electrons. The number of benzene rings is 1. The van der Waals surface area contributed by atoms with E-state index in [1.165, 1.54) is 0 Å². The normalized spacial score (nSPS) is 15.8. The highest BCUT2D eigenvalue weighted by molar-refractivity contribution is 6.32. The number of amides is 1. The van der Waals surface area contributed by atoms with Gasteiger partial charge in [-0.25, -0.2) is 4.98 Å². The topological polar surface area (TPSA) is 71.6 Å². The maximum atomic E-state index is 13.0. The van der Waals surface area contributed by atoms with Gasteiger partial charge in [-0.1, -0.05) is 12.0 Å². The molecule has 7 nitrogen and oxygen atoms in total. The van der Waals surface area contributed by atoms with Gasteiger partial charge in [0.15, 0.2) is 5.78 Å². The fourth-order valence-electron chi connectivity index (χ4n) is 4.99. The van der Waals surface area contributed by atoms with Crippen LogP contribution in [-0.2, 0) is 22.7 Å². The number of carbonyl (C=O) groups excluding carboxylic acids is 2. The molecule has 0 bridgehead atoms. The average molecular weight is 435 g/mol. The molecule has 0 aliphatic carbocycles. The molecule has 0 fully saturated rings. The van der Waals surface area contributed by atoms with Gasteiger partial charge >= 0.3 is 0 Å². The monoisotopic (exact) mass is 435 g/mol. The maximum absolute atomic E-state index is 13.0. The van der Waals surface area contributed by atoms with E-state index in [0.717, 1.165) is 44.6 Å².